The molecule has 0 amide bonds. The second-order valence-corrected chi connectivity index (χ2v) is 7.66. The molecule has 0 aromatic rings. The van der Waals surface area contributed by atoms with Crippen molar-refractivity contribution in [3.8, 4) is 0 Å². The Hall–Kier alpha value is -0.130. The third-order valence-corrected chi connectivity index (χ3v) is 4.95. The first-order valence-electron chi connectivity index (χ1n) is 7.17. The minimum Gasteiger partial charge on any atom is -0.317 e. The van der Waals surface area contributed by atoms with E-state index in [4.69, 9.17) is 0 Å². The van der Waals surface area contributed by atoms with Crippen LogP contribution in [0.25, 0.3) is 0 Å². The van der Waals surface area contributed by atoms with Crippen LogP contribution in [0.15, 0.2) is 0 Å². The van der Waals surface area contributed by atoms with Gasteiger partial charge in [-0.2, -0.15) is 0 Å². The van der Waals surface area contributed by atoms with Crippen molar-refractivity contribution in [1.29, 1.82) is 0 Å². The topological polar surface area (TPSA) is 58.2 Å². The van der Waals surface area contributed by atoms with E-state index >= 15 is 0 Å². The maximum Gasteiger partial charge on any atom is 0.211 e. The van der Waals surface area contributed by atoms with Gasteiger partial charge < -0.3 is 5.32 Å². The molecule has 1 aliphatic heterocycles. The lowest BCUT2D eigenvalue weighted by atomic mass is 9.96. The SMILES string of the molecule is CC(C)CCCNS(=O)(=O)CCC1CCNCC1. The summed E-state index contributed by atoms with van der Waals surface area (Å²) in [6, 6.07) is 0. The van der Waals surface area contributed by atoms with Crippen molar-refractivity contribution in [1.82, 2.24) is 10.0 Å². The molecule has 0 aliphatic carbocycles. The Bertz CT molecular complexity index is 309. The van der Waals surface area contributed by atoms with Crippen molar-refractivity contribution in [3.63, 3.8) is 0 Å². The Labute approximate surface area is 112 Å². The molecule has 0 unspecified atom stereocenters. The first-order valence-corrected chi connectivity index (χ1v) is 8.83. The molecule has 0 atom stereocenters. The number of nitrogens with one attached hydrogen (secondary N) is 2. The highest BCUT2D eigenvalue weighted by Gasteiger charge is 2.17. The molecule has 18 heavy (non-hydrogen) atoms. The minimum absolute atomic E-state index is 0.291. The predicted octanol–water partition coefficient (Wildman–Crippen LogP) is 1.73. The summed E-state index contributed by atoms with van der Waals surface area (Å²) >= 11 is 0. The molecule has 0 spiro atoms. The molecule has 4 nitrogen and oxygen atoms in total. The monoisotopic (exact) mass is 276 g/mol. The van der Waals surface area contributed by atoms with E-state index in [9.17, 15) is 8.42 Å². The summed E-state index contributed by atoms with van der Waals surface area (Å²) in [6.07, 6.45) is 5.05. The third kappa shape index (κ3) is 7.34. The van der Waals surface area contributed by atoms with Gasteiger partial charge in [0, 0.05) is 6.54 Å². The molecule has 0 radical (unpaired) electrons. The molecule has 108 valence electrons. The second-order valence-electron chi connectivity index (χ2n) is 5.73. The zero-order chi connectivity index (χ0) is 13.4. The van der Waals surface area contributed by atoms with Gasteiger partial charge in [0.25, 0.3) is 0 Å². The van der Waals surface area contributed by atoms with Crippen LogP contribution in [-0.2, 0) is 10.0 Å². The molecule has 1 saturated heterocycles. The van der Waals surface area contributed by atoms with Gasteiger partial charge in [0.15, 0.2) is 0 Å². The third-order valence-electron chi connectivity index (χ3n) is 3.53. The van der Waals surface area contributed by atoms with E-state index in [-0.39, 0.29) is 0 Å². The Morgan fingerprint density at radius 3 is 2.56 bits per heavy atom. The molecule has 5 heteroatoms. The van der Waals surface area contributed by atoms with Gasteiger partial charge in [-0.25, -0.2) is 13.1 Å². The summed E-state index contributed by atoms with van der Waals surface area (Å²) in [4.78, 5) is 0. The van der Waals surface area contributed by atoms with Gasteiger partial charge in [-0.05, 0) is 57.0 Å². The zero-order valence-corrected chi connectivity index (χ0v) is 12.6. The van der Waals surface area contributed by atoms with Crippen LogP contribution >= 0.6 is 0 Å². The lowest BCUT2D eigenvalue weighted by Crippen LogP contribution is -2.32. The molecular weight excluding hydrogens is 248 g/mol. The predicted molar refractivity (Wildman–Crippen MR) is 76.1 cm³/mol. The number of sulfonamides is 1. The quantitative estimate of drug-likeness (QED) is 0.664. The van der Waals surface area contributed by atoms with E-state index in [1.54, 1.807) is 0 Å². The van der Waals surface area contributed by atoms with Gasteiger partial charge in [0.05, 0.1) is 5.75 Å². The van der Waals surface area contributed by atoms with Gasteiger partial charge in [-0.1, -0.05) is 13.8 Å². The van der Waals surface area contributed by atoms with Crippen LogP contribution in [0.4, 0.5) is 0 Å². The molecule has 1 heterocycles. The maximum absolute atomic E-state index is 11.8. The van der Waals surface area contributed by atoms with Crippen LogP contribution in [0.5, 0.6) is 0 Å². The highest BCUT2D eigenvalue weighted by molar-refractivity contribution is 7.89. The fourth-order valence-electron chi connectivity index (χ4n) is 2.30. The second kappa shape index (κ2) is 8.12. The maximum atomic E-state index is 11.8. The van der Waals surface area contributed by atoms with E-state index in [0.29, 0.717) is 24.1 Å². The highest BCUT2D eigenvalue weighted by atomic mass is 32.2. The largest absolute Gasteiger partial charge is 0.317 e. The molecule has 1 aliphatic rings. The molecule has 2 N–H and O–H groups in total. The summed E-state index contributed by atoms with van der Waals surface area (Å²) in [6.45, 7) is 6.98. The molecule has 0 aromatic carbocycles. The Morgan fingerprint density at radius 1 is 1.28 bits per heavy atom. The Morgan fingerprint density at radius 2 is 1.94 bits per heavy atom. The zero-order valence-electron chi connectivity index (χ0n) is 11.7. The average Bonchev–Trinajstić information content (AvgIpc) is 2.34. The van der Waals surface area contributed by atoms with Crippen LogP contribution in [-0.4, -0.2) is 33.8 Å². The Kier molecular flexibility index (Phi) is 7.19. The Balaban J connectivity index is 2.14. The molecule has 0 bridgehead atoms. The van der Waals surface area contributed by atoms with Crippen molar-refractivity contribution in [2.24, 2.45) is 11.8 Å². The van der Waals surface area contributed by atoms with Crippen molar-refractivity contribution in [2.45, 2.75) is 46.0 Å². The van der Waals surface area contributed by atoms with E-state index < -0.39 is 10.0 Å². The number of hydrogen-bond acceptors (Lipinski definition) is 3. The van der Waals surface area contributed by atoms with Crippen molar-refractivity contribution >= 4 is 10.0 Å². The van der Waals surface area contributed by atoms with E-state index in [1.165, 1.54) is 0 Å². The van der Waals surface area contributed by atoms with E-state index in [2.05, 4.69) is 23.9 Å². The van der Waals surface area contributed by atoms with Gasteiger partial charge in [-0.3, -0.25) is 0 Å². The van der Waals surface area contributed by atoms with Crippen LogP contribution in [0, 0.1) is 11.8 Å². The number of piperidine rings is 1. The molecule has 0 aromatic heterocycles. The van der Waals surface area contributed by atoms with E-state index in [1.807, 2.05) is 0 Å². The van der Waals surface area contributed by atoms with Crippen molar-refractivity contribution in [2.75, 3.05) is 25.4 Å². The van der Waals surface area contributed by atoms with Gasteiger partial charge in [0.1, 0.15) is 0 Å². The normalized spacial score (nSPS) is 18.4. The lowest BCUT2D eigenvalue weighted by Gasteiger charge is -2.22. The van der Waals surface area contributed by atoms with Crippen LogP contribution in [0.3, 0.4) is 0 Å². The van der Waals surface area contributed by atoms with Gasteiger partial charge >= 0.3 is 0 Å². The molecule has 1 fully saturated rings. The van der Waals surface area contributed by atoms with Gasteiger partial charge in [-0.15, -0.1) is 0 Å². The summed E-state index contributed by atoms with van der Waals surface area (Å²) < 4.78 is 26.3. The smallest absolute Gasteiger partial charge is 0.211 e. The van der Waals surface area contributed by atoms with Crippen molar-refractivity contribution < 1.29 is 8.42 Å². The first-order chi connectivity index (χ1) is 8.49. The molecule has 0 saturated carbocycles. The van der Waals surface area contributed by atoms with E-state index in [0.717, 1.165) is 45.2 Å². The van der Waals surface area contributed by atoms with Gasteiger partial charge in [0.2, 0.25) is 10.0 Å². The van der Waals surface area contributed by atoms with Crippen LogP contribution in [0.2, 0.25) is 0 Å². The molecular formula is C13H28N2O2S. The minimum atomic E-state index is -3.05. The highest BCUT2D eigenvalue weighted by Crippen LogP contribution is 2.16. The first kappa shape index (κ1) is 15.9. The number of hydrogen-bond donors (Lipinski definition) is 2. The summed E-state index contributed by atoms with van der Waals surface area (Å²) in [7, 11) is -3.05. The summed E-state index contributed by atoms with van der Waals surface area (Å²) in [5.41, 5.74) is 0. The lowest BCUT2D eigenvalue weighted by molar-refractivity contribution is 0.365. The standard InChI is InChI=1S/C13H28N2O2S/c1-12(2)4-3-8-15-18(16,17)11-7-13-5-9-14-10-6-13/h12-15H,3-11H2,1-2H3. The summed E-state index contributed by atoms with van der Waals surface area (Å²) in [5, 5.41) is 3.30. The number of rotatable bonds is 8. The van der Waals surface area contributed by atoms with Crippen LogP contribution in [0.1, 0.15) is 46.0 Å². The fraction of sp³-hybridized carbons (Fsp3) is 1.00. The van der Waals surface area contributed by atoms with Crippen molar-refractivity contribution in [3.05, 3.63) is 0 Å². The average molecular weight is 276 g/mol. The summed E-state index contributed by atoms with van der Waals surface area (Å²) in [5.74, 6) is 1.52. The fourth-order valence-corrected chi connectivity index (χ4v) is 3.55. The molecule has 1 rings (SSSR count). The van der Waals surface area contributed by atoms with Crippen LogP contribution < -0.4 is 10.0 Å².